The Morgan fingerprint density at radius 1 is 0.806 bits per heavy atom. The molecular weight excluding hydrogens is 588 g/mol. The number of halogens is 2. The summed E-state index contributed by atoms with van der Waals surface area (Å²) in [6.45, 7) is 0. The van der Waals surface area contributed by atoms with Gasteiger partial charge in [0.2, 0.25) is 0 Å². The van der Waals surface area contributed by atoms with Gasteiger partial charge in [-0.25, -0.2) is 10.2 Å². The molecule has 0 spiro atoms. The van der Waals surface area contributed by atoms with Gasteiger partial charge in [-0.1, -0.05) is 92.5 Å². The number of rotatable bonds is 7. The molecule has 4 rings (SSSR count). The van der Waals surface area contributed by atoms with Gasteiger partial charge in [0.1, 0.15) is 5.75 Å². The summed E-state index contributed by atoms with van der Waals surface area (Å²) in [5.74, 6) is -1.02. The van der Waals surface area contributed by atoms with Crippen LogP contribution < -0.4 is 10.2 Å². The van der Waals surface area contributed by atoms with Gasteiger partial charge in [-0.3, -0.25) is 4.79 Å². The molecule has 0 aliphatic rings. The fourth-order valence-corrected chi connectivity index (χ4v) is 4.13. The summed E-state index contributed by atoms with van der Waals surface area (Å²) < 4.78 is 7.13. The fraction of sp³-hybridized carbons (Fsp3) is 0.0357. The molecule has 0 aliphatic carbocycles. The Hall–Kier alpha value is -3.59. The number of aliphatic hydroxyl groups is 1. The molecule has 0 aromatic heterocycles. The minimum Gasteiger partial charge on any atom is -0.422 e. The number of hydrazone groups is 1. The Bertz CT molecular complexity index is 1350. The molecule has 0 fully saturated rings. The molecule has 0 heterocycles. The zero-order valence-electron chi connectivity index (χ0n) is 18.8. The number of esters is 1. The van der Waals surface area contributed by atoms with Crippen molar-refractivity contribution >= 4 is 50.0 Å². The van der Waals surface area contributed by atoms with Crippen LogP contribution in [-0.4, -0.2) is 23.2 Å². The second-order valence-corrected chi connectivity index (χ2v) is 9.55. The summed E-state index contributed by atoms with van der Waals surface area (Å²) in [6, 6.07) is 29.1. The molecule has 4 aromatic rings. The molecule has 6 nitrogen and oxygen atoms in total. The van der Waals surface area contributed by atoms with Crippen LogP contribution in [0.1, 0.15) is 27.0 Å². The van der Waals surface area contributed by atoms with Gasteiger partial charge in [0, 0.05) is 14.5 Å². The van der Waals surface area contributed by atoms with E-state index in [9.17, 15) is 14.7 Å². The van der Waals surface area contributed by atoms with Crippen molar-refractivity contribution in [1.29, 1.82) is 0 Å². The highest BCUT2D eigenvalue weighted by molar-refractivity contribution is 9.10. The van der Waals surface area contributed by atoms with Crippen LogP contribution in [0.2, 0.25) is 0 Å². The summed E-state index contributed by atoms with van der Waals surface area (Å²) >= 11 is 6.73. The number of hydrogen-bond acceptors (Lipinski definition) is 5. The first kappa shape index (κ1) is 25.5. The first-order valence-corrected chi connectivity index (χ1v) is 12.4. The fourth-order valence-electron chi connectivity index (χ4n) is 3.49. The highest BCUT2D eigenvalue weighted by Crippen LogP contribution is 2.30. The lowest BCUT2D eigenvalue weighted by atomic mass is 9.85. The van der Waals surface area contributed by atoms with E-state index >= 15 is 0 Å². The molecule has 2 N–H and O–H groups in total. The smallest absolute Gasteiger partial charge is 0.343 e. The van der Waals surface area contributed by atoms with Crippen molar-refractivity contribution in [2.45, 2.75) is 5.60 Å². The summed E-state index contributed by atoms with van der Waals surface area (Å²) in [5.41, 5.74) is 2.08. The zero-order valence-corrected chi connectivity index (χ0v) is 21.9. The van der Waals surface area contributed by atoms with Crippen molar-refractivity contribution < 1.29 is 19.4 Å². The molecular formula is C28H20Br2N2O4. The second kappa shape index (κ2) is 11.4. The molecule has 8 heteroatoms. The summed E-state index contributed by atoms with van der Waals surface area (Å²) in [7, 11) is 0. The lowest BCUT2D eigenvalue weighted by Crippen LogP contribution is -2.43. The van der Waals surface area contributed by atoms with Gasteiger partial charge in [0.25, 0.3) is 5.91 Å². The van der Waals surface area contributed by atoms with Crippen LogP contribution in [0, 0.1) is 0 Å². The molecule has 36 heavy (non-hydrogen) atoms. The Labute approximate surface area is 224 Å². The van der Waals surface area contributed by atoms with E-state index in [-0.39, 0.29) is 5.75 Å². The van der Waals surface area contributed by atoms with E-state index in [0.717, 1.165) is 8.95 Å². The number of nitrogens with one attached hydrogen (secondary N) is 1. The summed E-state index contributed by atoms with van der Waals surface area (Å²) in [4.78, 5) is 25.8. The molecule has 0 radical (unpaired) electrons. The standard InChI is InChI=1S/C28H20Br2N2O4/c29-23-13-11-19(12-14-23)26(33)36-25-16-15-24(30)17-20(25)18-31-32-27(34)28(35,21-7-3-1-4-8-21)22-9-5-2-6-10-22/h1-18,35H,(H,32,34). The quantitative estimate of drug-likeness (QED) is 0.120. The van der Waals surface area contributed by atoms with E-state index in [1.807, 2.05) is 0 Å². The average Bonchev–Trinajstić information content (AvgIpc) is 2.91. The third-order valence-electron chi connectivity index (χ3n) is 5.34. The number of benzene rings is 4. The maximum Gasteiger partial charge on any atom is 0.343 e. The molecule has 0 unspecified atom stereocenters. The predicted octanol–water partition coefficient (Wildman–Crippen LogP) is 5.82. The van der Waals surface area contributed by atoms with E-state index < -0.39 is 17.5 Å². The first-order valence-electron chi connectivity index (χ1n) is 10.8. The number of amides is 1. The van der Waals surface area contributed by atoms with Gasteiger partial charge in [-0.2, -0.15) is 5.10 Å². The Kier molecular flexibility index (Phi) is 8.10. The van der Waals surface area contributed by atoms with Crippen molar-refractivity contribution in [2.75, 3.05) is 0 Å². The lowest BCUT2D eigenvalue weighted by Gasteiger charge is -2.27. The van der Waals surface area contributed by atoms with Gasteiger partial charge < -0.3 is 9.84 Å². The number of ether oxygens (including phenoxy) is 1. The maximum atomic E-state index is 13.2. The topological polar surface area (TPSA) is 88.0 Å². The average molecular weight is 608 g/mol. The molecule has 180 valence electrons. The number of carbonyl (C=O) groups is 2. The van der Waals surface area contributed by atoms with Crippen LogP contribution in [0.4, 0.5) is 0 Å². The first-order chi connectivity index (χ1) is 17.4. The van der Waals surface area contributed by atoms with Crippen LogP contribution in [0.5, 0.6) is 5.75 Å². The normalized spacial score (nSPS) is 11.3. The van der Waals surface area contributed by atoms with Crippen LogP contribution in [-0.2, 0) is 10.4 Å². The largest absolute Gasteiger partial charge is 0.422 e. The molecule has 0 saturated heterocycles. The summed E-state index contributed by atoms with van der Waals surface area (Å²) in [5, 5.41) is 15.6. The van der Waals surface area contributed by atoms with Gasteiger partial charge in [0.05, 0.1) is 11.8 Å². The summed E-state index contributed by atoms with van der Waals surface area (Å²) in [6.07, 6.45) is 1.35. The Morgan fingerprint density at radius 2 is 1.36 bits per heavy atom. The minimum absolute atomic E-state index is 0.255. The van der Waals surface area contributed by atoms with Gasteiger partial charge in [-0.15, -0.1) is 0 Å². The van der Waals surface area contributed by atoms with Crippen molar-refractivity contribution in [2.24, 2.45) is 5.10 Å². The van der Waals surface area contributed by atoms with E-state index in [1.54, 1.807) is 103 Å². The minimum atomic E-state index is -1.96. The van der Waals surface area contributed by atoms with Crippen molar-refractivity contribution in [3.8, 4) is 5.75 Å². The maximum absolute atomic E-state index is 13.2. The predicted molar refractivity (Wildman–Crippen MR) is 145 cm³/mol. The Balaban J connectivity index is 1.57. The lowest BCUT2D eigenvalue weighted by molar-refractivity contribution is -0.136. The van der Waals surface area contributed by atoms with Crippen LogP contribution in [0.25, 0.3) is 0 Å². The molecule has 4 aromatic carbocycles. The number of carbonyl (C=O) groups excluding carboxylic acids is 2. The van der Waals surface area contributed by atoms with E-state index in [2.05, 4.69) is 42.4 Å². The van der Waals surface area contributed by atoms with Crippen LogP contribution in [0.3, 0.4) is 0 Å². The SMILES string of the molecule is O=C(Oc1ccc(Br)cc1C=NNC(=O)C(O)(c1ccccc1)c1ccccc1)c1ccc(Br)cc1. The number of nitrogens with zero attached hydrogens (tertiary/aromatic N) is 1. The van der Waals surface area contributed by atoms with Crippen molar-refractivity contribution in [3.63, 3.8) is 0 Å². The van der Waals surface area contributed by atoms with Gasteiger partial charge in [-0.05, 0) is 53.6 Å². The molecule has 0 aliphatic heterocycles. The molecule has 0 bridgehead atoms. The van der Waals surface area contributed by atoms with E-state index in [0.29, 0.717) is 22.3 Å². The van der Waals surface area contributed by atoms with E-state index in [4.69, 9.17) is 4.74 Å². The molecule has 0 atom stereocenters. The Morgan fingerprint density at radius 3 is 1.94 bits per heavy atom. The highest BCUT2D eigenvalue weighted by atomic mass is 79.9. The van der Waals surface area contributed by atoms with Crippen molar-refractivity contribution in [1.82, 2.24) is 5.43 Å². The van der Waals surface area contributed by atoms with Crippen LogP contribution in [0.15, 0.2) is 117 Å². The van der Waals surface area contributed by atoms with E-state index in [1.165, 1.54) is 6.21 Å². The monoisotopic (exact) mass is 606 g/mol. The molecule has 1 amide bonds. The zero-order chi connectivity index (χ0) is 25.5. The second-order valence-electron chi connectivity index (χ2n) is 7.72. The number of hydrogen-bond donors (Lipinski definition) is 2. The van der Waals surface area contributed by atoms with Gasteiger partial charge in [0.15, 0.2) is 5.60 Å². The highest BCUT2D eigenvalue weighted by Gasteiger charge is 2.39. The van der Waals surface area contributed by atoms with Crippen LogP contribution >= 0.6 is 31.9 Å². The third-order valence-corrected chi connectivity index (χ3v) is 6.36. The third kappa shape index (κ3) is 5.79. The molecule has 0 saturated carbocycles. The van der Waals surface area contributed by atoms with Crippen molar-refractivity contribution in [3.05, 3.63) is 134 Å². The van der Waals surface area contributed by atoms with Gasteiger partial charge >= 0.3 is 5.97 Å².